The van der Waals surface area contributed by atoms with Crippen molar-refractivity contribution in [1.29, 1.82) is 0 Å². The Morgan fingerprint density at radius 1 is 1.53 bits per heavy atom. The van der Waals surface area contributed by atoms with E-state index >= 15 is 0 Å². The first kappa shape index (κ1) is 13.8. The molecule has 0 amide bonds. The first-order valence-corrected chi connectivity index (χ1v) is 6.86. The lowest BCUT2D eigenvalue weighted by Gasteiger charge is -2.06. The van der Waals surface area contributed by atoms with Gasteiger partial charge < -0.3 is 4.74 Å². The number of non-ortho nitro benzene ring substituents is 1. The van der Waals surface area contributed by atoms with Gasteiger partial charge in [-0.25, -0.2) is 4.98 Å². The van der Waals surface area contributed by atoms with Gasteiger partial charge in [0.1, 0.15) is 12.4 Å². The topological polar surface area (TPSA) is 65.3 Å². The Morgan fingerprint density at radius 3 is 2.95 bits per heavy atom. The summed E-state index contributed by atoms with van der Waals surface area (Å²) in [6.45, 7) is 2.28. The molecule has 0 atom stereocenters. The number of benzene rings is 1. The monoisotopic (exact) mass is 298 g/mol. The van der Waals surface area contributed by atoms with E-state index in [0.717, 1.165) is 17.1 Å². The number of nitro groups is 1. The Morgan fingerprint density at radius 2 is 2.32 bits per heavy atom. The van der Waals surface area contributed by atoms with Gasteiger partial charge in [-0.05, 0) is 12.5 Å². The number of thiazole rings is 1. The molecule has 0 saturated heterocycles. The maximum absolute atomic E-state index is 10.7. The minimum atomic E-state index is -0.485. The summed E-state index contributed by atoms with van der Waals surface area (Å²) < 4.78 is 5.48. The van der Waals surface area contributed by atoms with Crippen molar-refractivity contribution in [2.45, 2.75) is 20.0 Å². The van der Waals surface area contributed by atoms with Crippen molar-refractivity contribution >= 4 is 28.6 Å². The Bertz CT molecular complexity index is 600. The molecular weight excluding hydrogens is 288 g/mol. The van der Waals surface area contributed by atoms with Gasteiger partial charge in [-0.3, -0.25) is 10.1 Å². The minimum absolute atomic E-state index is 0.0491. The van der Waals surface area contributed by atoms with Crippen LogP contribution in [-0.4, -0.2) is 9.91 Å². The van der Waals surface area contributed by atoms with Crippen LogP contribution in [0.1, 0.15) is 17.6 Å². The minimum Gasteiger partial charge on any atom is -0.485 e. The van der Waals surface area contributed by atoms with Crippen molar-refractivity contribution in [3.8, 4) is 5.75 Å². The molecule has 5 nitrogen and oxygen atoms in total. The fraction of sp³-hybridized carbons (Fsp3) is 0.250. The van der Waals surface area contributed by atoms with Gasteiger partial charge in [-0.15, -0.1) is 11.3 Å². The maximum atomic E-state index is 10.7. The lowest BCUT2D eigenvalue weighted by Crippen LogP contribution is -1.98. The van der Waals surface area contributed by atoms with Gasteiger partial charge in [-0.2, -0.15) is 0 Å². The molecule has 19 heavy (non-hydrogen) atoms. The van der Waals surface area contributed by atoms with E-state index in [2.05, 4.69) is 4.98 Å². The van der Waals surface area contributed by atoms with Crippen molar-refractivity contribution in [3.05, 3.63) is 49.4 Å². The SMILES string of the molecule is CCc1nc(COc2cc([N+](=O)[O-])ccc2Cl)cs1. The van der Waals surface area contributed by atoms with E-state index < -0.39 is 4.92 Å². The third-order valence-corrected chi connectivity index (χ3v) is 3.76. The van der Waals surface area contributed by atoms with Crippen molar-refractivity contribution in [2.75, 3.05) is 0 Å². The highest BCUT2D eigenvalue weighted by molar-refractivity contribution is 7.09. The van der Waals surface area contributed by atoms with Gasteiger partial charge in [0.2, 0.25) is 0 Å². The molecule has 0 bridgehead atoms. The zero-order valence-electron chi connectivity index (χ0n) is 10.1. The number of nitro benzene ring substituents is 1. The maximum Gasteiger partial charge on any atom is 0.273 e. The molecule has 0 aliphatic carbocycles. The molecule has 2 rings (SSSR count). The summed E-state index contributed by atoms with van der Waals surface area (Å²) >= 11 is 7.50. The van der Waals surface area contributed by atoms with Gasteiger partial charge >= 0.3 is 0 Å². The standard InChI is InChI=1S/C12H11ClN2O3S/c1-2-12-14-8(7-19-12)6-18-11-5-9(15(16)17)3-4-10(11)13/h3-5,7H,2,6H2,1H3. The largest absolute Gasteiger partial charge is 0.485 e. The smallest absolute Gasteiger partial charge is 0.273 e. The summed E-state index contributed by atoms with van der Waals surface area (Å²) in [5.74, 6) is 0.293. The Balaban J connectivity index is 2.10. The second kappa shape index (κ2) is 5.99. The molecule has 0 N–H and O–H groups in total. The average Bonchev–Trinajstić information content (AvgIpc) is 2.85. The Kier molecular flexibility index (Phi) is 4.34. The normalized spacial score (nSPS) is 10.4. The van der Waals surface area contributed by atoms with Crippen LogP contribution in [0.4, 0.5) is 5.69 Å². The molecular formula is C12H11ClN2O3S. The van der Waals surface area contributed by atoms with Gasteiger partial charge in [0, 0.05) is 11.4 Å². The molecule has 7 heteroatoms. The van der Waals surface area contributed by atoms with E-state index in [-0.39, 0.29) is 12.3 Å². The average molecular weight is 299 g/mol. The van der Waals surface area contributed by atoms with E-state index in [1.807, 2.05) is 12.3 Å². The molecule has 0 fully saturated rings. The molecule has 1 aromatic heterocycles. The first-order valence-electron chi connectivity index (χ1n) is 5.60. The number of aromatic nitrogens is 1. The van der Waals surface area contributed by atoms with E-state index in [1.165, 1.54) is 18.2 Å². The van der Waals surface area contributed by atoms with Crippen molar-refractivity contribution in [2.24, 2.45) is 0 Å². The van der Waals surface area contributed by atoms with Crippen LogP contribution in [0.5, 0.6) is 5.75 Å². The molecule has 0 spiro atoms. The lowest BCUT2D eigenvalue weighted by molar-refractivity contribution is -0.384. The van der Waals surface area contributed by atoms with Crippen LogP contribution in [0.25, 0.3) is 0 Å². The van der Waals surface area contributed by atoms with Crippen LogP contribution in [-0.2, 0) is 13.0 Å². The Hall–Kier alpha value is -1.66. The number of ether oxygens (including phenoxy) is 1. The zero-order valence-corrected chi connectivity index (χ0v) is 11.7. The predicted molar refractivity (Wildman–Crippen MR) is 73.9 cm³/mol. The quantitative estimate of drug-likeness (QED) is 0.621. The second-order valence-corrected chi connectivity index (χ2v) is 5.10. The number of hydrogen-bond acceptors (Lipinski definition) is 5. The summed E-state index contributed by atoms with van der Waals surface area (Å²) in [5.41, 5.74) is 0.747. The van der Waals surface area contributed by atoms with Crippen LogP contribution in [0.3, 0.4) is 0 Å². The summed E-state index contributed by atoms with van der Waals surface area (Å²) in [6.07, 6.45) is 0.877. The number of hydrogen-bond donors (Lipinski definition) is 0. The first-order chi connectivity index (χ1) is 9.10. The third kappa shape index (κ3) is 3.42. The van der Waals surface area contributed by atoms with Crippen molar-refractivity contribution in [3.63, 3.8) is 0 Å². The summed E-state index contributed by atoms with van der Waals surface area (Å²) in [7, 11) is 0. The molecule has 0 unspecified atom stereocenters. The van der Waals surface area contributed by atoms with Crippen LogP contribution in [0.15, 0.2) is 23.6 Å². The lowest BCUT2D eigenvalue weighted by atomic mass is 10.3. The van der Waals surface area contributed by atoms with E-state index in [0.29, 0.717) is 10.8 Å². The fourth-order valence-electron chi connectivity index (χ4n) is 1.45. The van der Waals surface area contributed by atoms with Crippen LogP contribution in [0, 0.1) is 10.1 Å². The Labute approximate surface area is 119 Å². The molecule has 0 radical (unpaired) electrons. The molecule has 1 aromatic carbocycles. The highest BCUT2D eigenvalue weighted by Gasteiger charge is 2.11. The van der Waals surface area contributed by atoms with Crippen LogP contribution in [0.2, 0.25) is 5.02 Å². The van der Waals surface area contributed by atoms with Gasteiger partial charge in [-0.1, -0.05) is 18.5 Å². The molecule has 0 aliphatic rings. The van der Waals surface area contributed by atoms with Crippen molar-refractivity contribution < 1.29 is 9.66 Å². The highest BCUT2D eigenvalue weighted by atomic mass is 35.5. The predicted octanol–water partition coefficient (Wildman–Crippen LogP) is 3.85. The number of nitrogens with zero attached hydrogens (tertiary/aromatic N) is 2. The second-order valence-electron chi connectivity index (χ2n) is 3.75. The van der Waals surface area contributed by atoms with Gasteiger partial charge in [0.25, 0.3) is 5.69 Å². The highest BCUT2D eigenvalue weighted by Crippen LogP contribution is 2.29. The van der Waals surface area contributed by atoms with E-state index in [4.69, 9.17) is 16.3 Å². The number of halogens is 1. The van der Waals surface area contributed by atoms with E-state index in [1.54, 1.807) is 11.3 Å². The summed E-state index contributed by atoms with van der Waals surface area (Å²) in [6, 6.07) is 4.11. The van der Waals surface area contributed by atoms with E-state index in [9.17, 15) is 10.1 Å². The molecule has 0 saturated carbocycles. The van der Waals surface area contributed by atoms with Crippen LogP contribution < -0.4 is 4.74 Å². The number of aryl methyl sites for hydroxylation is 1. The molecule has 100 valence electrons. The van der Waals surface area contributed by atoms with Crippen molar-refractivity contribution in [1.82, 2.24) is 4.98 Å². The summed E-state index contributed by atoms with van der Waals surface area (Å²) in [4.78, 5) is 14.5. The molecule has 1 heterocycles. The van der Waals surface area contributed by atoms with Crippen LogP contribution >= 0.6 is 22.9 Å². The fourth-order valence-corrected chi connectivity index (χ4v) is 2.35. The zero-order chi connectivity index (χ0) is 13.8. The van der Waals surface area contributed by atoms with Gasteiger partial charge in [0.05, 0.1) is 26.7 Å². The molecule has 0 aliphatic heterocycles. The van der Waals surface area contributed by atoms with Gasteiger partial charge in [0.15, 0.2) is 0 Å². The number of rotatable bonds is 5. The molecule has 2 aromatic rings. The third-order valence-electron chi connectivity index (χ3n) is 2.40. The summed E-state index contributed by atoms with van der Waals surface area (Å²) in [5, 5.41) is 14.0.